The SMILES string of the molecule is CCCCC/C=C\C/C=C\C/C=C\C/C=C\CCCCCCCCCCCCCC(=O)OC(/C=C\CCCCCCCCCCC)C(COP(=O)(O)OCC[N+](C)(C)C)NC(=O)CCCCCC/C=C\C/C=C\C/C=C\CCCCC. The van der Waals surface area contributed by atoms with Crippen LogP contribution in [0.5, 0.6) is 0 Å². The second-order valence-corrected chi connectivity index (χ2v) is 25.1. The van der Waals surface area contributed by atoms with Crippen LogP contribution < -0.4 is 5.32 Å². The molecule has 81 heavy (non-hydrogen) atoms. The van der Waals surface area contributed by atoms with Crippen LogP contribution in [0.15, 0.2) is 97.2 Å². The summed E-state index contributed by atoms with van der Waals surface area (Å²) < 4.78 is 30.7. The smallest absolute Gasteiger partial charge is 0.456 e. The lowest BCUT2D eigenvalue weighted by Crippen LogP contribution is -2.47. The number of phosphoric ester groups is 1. The summed E-state index contributed by atoms with van der Waals surface area (Å²) in [5, 5.41) is 3.05. The predicted octanol–water partition coefficient (Wildman–Crippen LogP) is 21.1. The quantitative estimate of drug-likeness (QED) is 0.0205. The largest absolute Gasteiger partial charge is 0.472 e. The number of quaternary nitrogens is 1. The molecule has 0 aliphatic carbocycles. The number of nitrogens with zero attached hydrogens (tertiary/aromatic N) is 1. The maximum Gasteiger partial charge on any atom is 0.472 e. The zero-order chi connectivity index (χ0) is 59.3. The second kappa shape index (κ2) is 60.1. The Morgan fingerprint density at radius 1 is 0.432 bits per heavy atom. The minimum absolute atomic E-state index is 0.0313. The number of hydrogen-bond donors (Lipinski definition) is 2. The van der Waals surface area contributed by atoms with Gasteiger partial charge in [-0.1, -0.05) is 260 Å². The Hall–Kier alpha value is -3.07. The zero-order valence-electron chi connectivity index (χ0n) is 53.5. The van der Waals surface area contributed by atoms with Gasteiger partial charge < -0.3 is 19.4 Å². The first kappa shape index (κ1) is 77.9. The number of ether oxygens (including phenoxy) is 1. The molecule has 0 radical (unpaired) electrons. The first-order valence-corrected chi connectivity index (χ1v) is 35.1. The molecule has 1 amide bonds. The van der Waals surface area contributed by atoms with Crippen molar-refractivity contribution in [3.8, 4) is 0 Å². The van der Waals surface area contributed by atoms with Crippen LogP contribution in [0.2, 0.25) is 0 Å². The van der Waals surface area contributed by atoms with Crippen LogP contribution in [0.25, 0.3) is 0 Å². The van der Waals surface area contributed by atoms with E-state index in [4.69, 9.17) is 13.8 Å². The summed E-state index contributed by atoms with van der Waals surface area (Å²) in [7, 11) is 1.47. The maximum atomic E-state index is 13.5. The van der Waals surface area contributed by atoms with Crippen LogP contribution in [0.3, 0.4) is 0 Å². The average Bonchev–Trinajstić information content (AvgIpc) is 3.44. The van der Waals surface area contributed by atoms with Crippen molar-refractivity contribution in [1.82, 2.24) is 5.32 Å². The minimum atomic E-state index is -4.46. The molecule has 0 rings (SSSR count). The number of carbonyl (C=O) groups excluding carboxylic acids is 2. The van der Waals surface area contributed by atoms with Crippen LogP contribution >= 0.6 is 7.82 Å². The molecule has 3 unspecified atom stereocenters. The van der Waals surface area contributed by atoms with Crippen molar-refractivity contribution in [3.63, 3.8) is 0 Å². The summed E-state index contributed by atoms with van der Waals surface area (Å²) in [6, 6.07) is -0.866. The fourth-order valence-electron chi connectivity index (χ4n) is 9.28. The maximum absolute atomic E-state index is 13.5. The Kier molecular flexibility index (Phi) is 57.8. The topological polar surface area (TPSA) is 111 Å². The number of esters is 1. The lowest BCUT2D eigenvalue weighted by atomic mass is 10.0. The monoisotopic (exact) mass is 1150 g/mol. The summed E-state index contributed by atoms with van der Waals surface area (Å²) in [5.74, 6) is -0.534. The molecule has 468 valence electrons. The first-order chi connectivity index (χ1) is 39.4. The number of allylic oxidation sites excluding steroid dienone is 15. The molecule has 0 aliphatic heterocycles. The number of nitrogens with one attached hydrogen (secondary N) is 1. The summed E-state index contributed by atoms with van der Waals surface area (Å²) in [6.07, 6.45) is 81.3. The Bertz CT molecular complexity index is 1710. The molecule has 0 heterocycles. The van der Waals surface area contributed by atoms with Gasteiger partial charge in [0.25, 0.3) is 0 Å². The number of hydrogen-bond acceptors (Lipinski definition) is 6. The fourth-order valence-corrected chi connectivity index (χ4v) is 10.0. The first-order valence-electron chi connectivity index (χ1n) is 33.6. The van der Waals surface area contributed by atoms with Gasteiger partial charge in [-0.15, -0.1) is 0 Å². The molecular formula is C71H128N2O7P+. The zero-order valence-corrected chi connectivity index (χ0v) is 54.4. The standard InChI is InChI=1S/C71H127N2O7P/c1-7-10-13-16-19-22-25-27-29-31-32-33-34-35-36-37-38-39-40-42-44-46-49-52-55-58-61-64-71(75)80-69(62-59-56-53-50-47-24-21-18-15-12-9-3)68(67-79-81(76,77)78-66-65-73(4,5)6)72-70(74)63-60-57-54-51-48-45-43-41-30-28-26-23-20-17-14-11-8-2/h19-20,22-23,27-30,32-33,35-36,43,45,59,62,68-69H,7-18,21,24-26,31,34,37-42,44,46-58,60-61,63-67H2,1-6H3,(H-,72,74,76,77)/p+1/b22-19-,23-20-,29-27-,30-28-,33-32-,36-35-,45-43-,62-59-. The molecule has 0 aromatic rings. The average molecular weight is 1150 g/mol. The van der Waals surface area contributed by atoms with E-state index in [9.17, 15) is 19.0 Å². The van der Waals surface area contributed by atoms with Crippen molar-refractivity contribution in [2.75, 3.05) is 40.9 Å². The molecule has 0 spiro atoms. The van der Waals surface area contributed by atoms with Crippen LogP contribution in [0.1, 0.15) is 290 Å². The highest BCUT2D eigenvalue weighted by Gasteiger charge is 2.30. The van der Waals surface area contributed by atoms with E-state index in [0.717, 1.165) is 103 Å². The van der Waals surface area contributed by atoms with Gasteiger partial charge in [0.15, 0.2) is 0 Å². The van der Waals surface area contributed by atoms with Crippen LogP contribution in [-0.2, 0) is 27.9 Å². The molecule has 0 fully saturated rings. The molecule has 0 aromatic heterocycles. The summed E-state index contributed by atoms with van der Waals surface area (Å²) in [4.78, 5) is 37.8. The molecule has 0 saturated carbocycles. The molecular weight excluding hydrogens is 1020 g/mol. The second-order valence-electron chi connectivity index (χ2n) is 23.6. The van der Waals surface area contributed by atoms with E-state index in [1.54, 1.807) is 0 Å². The fraction of sp³-hybridized carbons (Fsp3) is 0.746. The number of amides is 1. The molecule has 9 nitrogen and oxygen atoms in total. The number of phosphoric acid groups is 1. The molecule has 3 atom stereocenters. The van der Waals surface area contributed by atoms with Gasteiger partial charge in [0.1, 0.15) is 19.3 Å². The highest BCUT2D eigenvalue weighted by molar-refractivity contribution is 7.47. The number of rotatable bonds is 60. The van der Waals surface area contributed by atoms with Crippen molar-refractivity contribution in [2.45, 2.75) is 303 Å². The normalized spacial score (nSPS) is 14.2. The van der Waals surface area contributed by atoms with Crippen molar-refractivity contribution >= 4 is 19.7 Å². The van der Waals surface area contributed by atoms with Gasteiger partial charge in [-0.2, -0.15) is 0 Å². The van der Waals surface area contributed by atoms with Gasteiger partial charge >= 0.3 is 13.8 Å². The third-order valence-electron chi connectivity index (χ3n) is 14.5. The Morgan fingerprint density at radius 2 is 0.753 bits per heavy atom. The Labute approximate surface area is 500 Å². The summed E-state index contributed by atoms with van der Waals surface area (Å²) in [5.41, 5.74) is 0. The molecule has 0 saturated heterocycles. The number of carbonyl (C=O) groups is 2. The summed E-state index contributed by atoms with van der Waals surface area (Å²) >= 11 is 0. The third-order valence-corrected chi connectivity index (χ3v) is 15.5. The van der Waals surface area contributed by atoms with E-state index in [-0.39, 0.29) is 31.5 Å². The van der Waals surface area contributed by atoms with Crippen LogP contribution in [-0.4, -0.2) is 74.3 Å². The molecule has 2 N–H and O–H groups in total. The Morgan fingerprint density at radius 3 is 1.15 bits per heavy atom. The molecule has 0 aliphatic rings. The predicted molar refractivity (Wildman–Crippen MR) is 350 cm³/mol. The highest BCUT2D eigenvalue weighted by Crippen LogP contribution is 2.43. The van der Waals surface area contributed by atoms with Gasteiger partial charge in [-0.3, -0.25) is 18.6 Å². The van der Waals surface area contributed by atoms with Gasteiger partial charge in [-0.25, -0.2) is 4.57 Å². The molecule has 10 heteroatoms. The van der Waals surface area contributed by atoms with E-state index >= 15 is 0 Å². The number of unbranched alkanes of at least 4 members (excludes halogenated alkanes) is 30. The van der Waals surface area contributed by atoms with E-state index in [0.29, 0.717) is 17.4 Å². The highest BCUT2D eigenvalue weighted by atomic mass is 31.2. The van der Waals surface area contributed by atoms with Crippen LogP contribution in [0.4, 0.5) is 0 Å². The molecule has 0 bridgehead atoms. The van der Waals surface area contributed by atoms with E-state index < -0.39 is 20.0 Å². The summed E-state index contributed by atoms with van der Waals surface area (Å²) in [6.45, 7) is 6.94. The van der Waals surface area contributed by atoms with E-state index in [2.05, 4.69) is 111 Å². The van der Waals surface area contributed by atoms with Gasteiger partial charge in [0, 0.05) is 12.8 Å². The van der Waals surface area contributed by atoms with Gasteiger partial charge in [0.2, 0.25) is 5.91 Å². The number of likely N-dealkylation sites (N-methyl/N-ethyl adjacent to an activating group) is 1. The van der Waals surface area contributed by atoms with Crippen molar-refractivity contribution in [3.05, 3.63) is 97.2 Å². The van der Waals surface area contributed by atoms with Crippen LogP contribution in [0, 0.1) is 0 Å². The van der Waals surface area contributed by atoms with E-state index in [1.807, 2.05) is 33.3 Å². The van der Waals surface area contributed by atoms with Crippen molar-refractivity contribution in [1.29, 1.82) is 0 Å². The minimum Gasteiger partial charge on any atom is -0.456 e. The lowest BCUT2D eigenvalue weighted by Gasteiger charge is -2.27. The molecule has 0 aromatic carbocycles. The van der Waals surface area contributed by atoms with Gasteiger partial charge in [-0.05, 0) is 115 Å². The Balaban J connectivity index is 5.09. The third kappa shape index (κ3) is 61.3. The van der Waals surface area contributed by atoms with Crippen molar-refractivity contribution in [2.24, 2.45) is 0 Å². The lowest BCUT2D eigenvalue weighted by molar-refractivity contribution is -0.870. The van der Waals surface area contributed by atoms with Gasteiger partial charge in [0.05, 0.1) is 33.8 Å². The van der Waals surface area contributed by atoms with Crippen molar-refractivity contribution < 1.29 is 37.3 Å². The van der Waals surface area contributed by atoms with E-state index in [1.165, 1.54) is 154 Å².